The highest BCUT2D eigenvalue weighted by atomic mass is 16.7. The minimum atomic E-state index is 0.261. The number of nitrogens with zero attached hydrogens (tertiary/aromatic N) is 1. The number of benzene rings is 1. The van der Waals surface area contributed by atoms with E-state index in [9.17, 15) is 0 Å². The molecule has 0 radical (unpaired) electrons. The zero-order valence-electron chi connectivity index (χ0n) is 11.3. The van der Waals surface area contributed by atoms with E-state index in [0.29, 0.717) is 31.4 Å². The molecule has 0 fully saturated rings. The van der Waals surface area contributed by atoms with Crippen molar-refractivity contribution in [3.8, 4) is 29.6 Å². The Kier molecular flexibility index (Phi) is 4.95. The highest BCUT2D eigenvalue weighted by Gasteiger charge is 2.13. The summed E-state index contributed by atoms with van der Waals surface area (Å²) in [7, 11) is 1.69. The molecule has 2 rings (SSSR count). The smallest absolute Gasteiger partial charge is 0.231 e. The van der Waals surface area contributed by atoms with Crippen LogP contribution in [0.15, 0.2) is 23.2 Å². The summed E-state index contributed by atoms with van der Waals surface area (Å²) in [5, 5.41) is 6.05. The molecule has 0 unspecified atom stereocenters. The number of guanidine groups is 1. The molecule has 0 atom stereocenters. The molecule has 2 N–H and O–H groups in total. The van der Waals surface area contributed by atoms with Crippen LogP contribution in [-0.4, -0.2) is 39.5 Å². The number of terminal acetylenes is 1. The molecule has 0 bridgehead atoms. The van der Waals surface area contributed by atoms with Gasteiger partial charge in [-0.15, -0.1) is 6.42 Å². The van der Waals surface area contributed by atoms with Crippen LogP contribution < -0.4 is 24.8 Å². The first-order valence-electron chi connectivity index (χ1n) is 6.24. The standard InChI is InChI=1S/C14H17N3O3/c1-3-6-16-14(15-2)17-7-8-18-11-4-5-12-13(9-11)20-10-19-12/h1,4-5,9H,6-8,10H2,2H3,(H2,15,16,17). The van der Waals surface area contributed by atoms with Gasteiger partial charge in [-0.2, -0.15) is 0 Å². The molecule has 1 aliphatic heterocycles. The first kappa shape index (κ1) is 13.9. The van der Waals surface area contributed by atoms with E-state index in [1.165, 1.54) is 0 Å². The van der Waals surface area contributed by atoms with E-state index < -0.39 is 0 Å². The predicted molar refractivity (Wildman–Crippen MR) is 76.3 cm³/mol. The fraction of sp³-hybridized carbons (Fsp3) is 0.357. The third-order valence-corrected chi connectivity index (χ3v) is 2.59. The molecule has 1 aliphatic rings. The average Bonchev–Trinajstić information content (AvgIpc) is 2.94. The van der Waals surface area contributed by atoms with Gasteiger partial charge in [0.2, 0.25) is 6.79 Å². The molecule has 0 saturated heterocycles. The summed E-state index contributed by atoms with van der Waals surface area (Å²) in [6, 6.07) is 5.49. The van der Waals surface area contributed by atoms with E-state index in [1.807, 2.05) is 18.2 Å². The van der Waals surface area contributed by atoms with Gasteiger partial charge in [0.15, 0.2) is 17.5 Å². The lowest BCUT2D eigenvalue weighted by Crippen LogP contribution is -2.39. The fourth-order valence-electron chi connectivity index (χ4n) is 1.66. The Morgan fingerprint density at radius 3 is 3.05 bits per heavy atom. The number of rotatable bonds is 5. The Bertz CT molecular complexity index is 523. The van der Waals surface area contributed by atoms with Gasteiger partial charge in [-0.25, -0.2) is 0 Å². The van der Waals surface area contributed by atoms with Crippen molar-refractivity contribution in [2.24, 2.45) is 4.99 Å². The zero-order valence-corrected chi connectivity index (χ0v) is 11.3. The quantitative estimate of drug-likeness (QED) is 0.356. The van der Waals surface area contributed by atoms with Crippen molar-refractivity contribution in [2.75, 3.05) is 33.5 Å². The zero-order chi connectivity index (χ0) is 14.2. The number of nitrogens with one attached hydrogen (secondary N) is 2. The van der Waals surface area contributed by atoms with E-state index in [2.05, 4.69) is 21.5 Å². The maximum Gasteiger partial charge on any atom is 0.231 e. The summed E-state index contributed by atoms with van der Waals surface area (Å²) in [4.78, 5) is 4.02. The van der Waals surface area contributed by atoms with Crippen LogP contribution >= 0.6 is 0 Å². The molecule has 1 heterocycles. The van der Waals surface area contributed by atoms with Crippen molar-refractivity contribution >= 4 is 5.96 Å². The van der Waals surface area contributed by atoms with Crippen LogP contribution in [-0.2, 0) is 0 Å². The van der Waals surface area contributed by atoms with Crippen LogP contribution in [0.2, 0.25) is 0 Å². The van der Waals surface area contributed by atoms with Crippen LogP contribution in [0.25, 0.3) is 0 Å². The van der Waals surface area contributed by atoms with Crippen LogP contribution in [0.1, 0.15) is 0 Å². The lowest BCUT2D eigenvalue weighted by molar-refractivity contribution is 0.173. The summed E-state index contributed by atoms with van der Waals surface area (Å²) >= 11 is 0. The highest BCUT2D eigenvalue weighted by Crippen LogP contribution is 2.34. The van der Waals surface area contributed by atoms with Gasteiger partial charge in [-0.3, -0.25) is 4.99 Å². The average molecular weight is 275 g/mol. The largest absolute Gasteiger partial charge is 0.492 e. The van der Waals surface area contributed by atoms with Gasteiger partial charge in [0.25, 0.3) is 0 Å². The molecule has 20 heavy (non-hydrogen) atoms. The highest BCUT2D eigenvalue weighted by molar-refractivity contribution is 5.79. The normalized spacial score (nSPS) is 12.7. The van der Waals surface area contributed by atoms with Gasteiger partial charge in [0.1, 0.15) is 12.4 Å². The lowest BCUT2D eigenvalue weighted by Gasteiger charge is -2.11. The molecule has 106 valence electrons. The number of fused-ring (bicyclic) bond motifs is 1. The van der Waals surface area contributed by atoms with Crippen molar-refractivity contribution in [2.45, 2.75) is 0 Å². The molecular formula is C14H17N3O3. The Morgan fingerprint density at radius 1 is 1.40 bits per heavy atom. The van der Waals surface area contributed by atoms with E-state index >= 15 is 0 Å². The van der Waals surface area contributed by atoms with E-state index in [4.69, 9.17) is 20.6 Å². The van der Waals surface area contributed by atoms with Crippen molar-refractivity contribution in [3.63, 3.8) is 0 Å². The van der Waals surface area contributed by atoms with Crippen LogP contribution in [0.3, 0.4) is 0 Å². The third kappa shape index (κ3) is 3.72. The van der Waals surface area contributed by atoms with Crippen LogP contribution in [0.5, 0.6) is 17.2 Å². The second-order valence-corrected chi connectivity index (χ2v) is 3.92. The van der Waals surface area contributed by atoms with E-state index in [1.54, 1.807) is 7.05 Å². The summed E-state index contributed by atoms with van der Waals surface area (Å²) in [5.74, 6) is 5.33. The molecule has 1 aromatic rings. The van der Waals surface area contributed by atoms with Gasteiger partial charge in [-0.1, -0.05) is 5.92 Å². The molecule has 6 nitrogen and oxygen atoms in total. The van der Waals surface area contributed by atoms with Crippen LogP contribution in [0.4, 0.5) is 0 Å². The van der Waals surface area contributed by atoms with E-state index in [-0.39, 0.29) is 6.79 Å². The monoisotopic (exact) mass is 275 g/mol. The Balaban J connectivity index is 1.72. The summed E-state index contributed by atoms with van der Waals surface area (Å²) in [5.41, 5.74) is 0. The van der Waals surface area contributed by atoms with Crippen molar-refractivity contribution in [1.29, 1.82) is 0 Å². The maximum absolute atomic E-state index is 5.61. The Labute approximate surface area is 118 Å². The molecule has 0 aliphatic carbocycles. The third-order valence-electron chi connectivity index (χ3n) is 2.59. The maximum atomic E-state index is 5.61. The lowest BCUT2D eigenvalue weighted by atomic mass is 10.3. The number of hydrogen-bond donors (Lipinski definition) is 2. The molecule has 0 saturated carbocycles. The number of ether oxygens (including phenoxy) is 3. The second kappa shape index (κ2) is 7.14. The van der Waals surface area contributed by atoms with Crippen molar-refractivity contribution in [1.82, 2.24) is 10.6 Å². The Hall–Kier alpha value is -2.55. The fourth-order valence-corrected chi connectivity index (χ4v) is 1.66. The van der Waals surface area contributed by atoms with Gasteiger partial charge in [0.05, 0.1) is 13.1 Å². The van der Waals surface area contributed by atoms with Gasteiger partial charge in [0, 0.05) is 13.1 Å². The number of hydrogen-bond acceptors (Lipinski definition) is 4. The van der Waals surface area contributed by atoms with Gasteiger partial charge < -0.3 is 24.8 Å². The van der Waals surface area contributed by atoms with E-state index in [0.717, 1.165) is 11.5 Å². The van der Waals surface area contributed by atoms with Crippen molar-refractivity contribution in [3.05, 3.63) is 18.2 Å². The molecule has 1 aromatic carbocycles. The SMILES string of the molecule is C#CCNC(=NC)NCCOc1ccc2c(c1)OCO2. The summed E-state index contributed by atoms with van der Waals surface area (Å²) < 4.78 is 16.1. The molecular weight excluding hydrogens is 258 g/mol. The first-order chi connectivity index (χ1) is 9.83. The molecule has 0 amide bonds. The molecule has 0 spiro atoms. The molecule has 0 aromatic heterocycles. The first-order valence-corrected chi connectivity index (χ1v) is 6.24. The topological polar surface area (TPSA) is 64.1 Å². The Morgan fingerprint density at radius 2 is 2.25 bits per heavy atom. The number of aliphatic imine (C=N–C) groups is 1. The summed E-state index contributed by atoms with van der Waals surface area (Å²) in [6.07, 6.45) is 5.16. The molecule has 6 heteroatoms. The second-order valence-electron chi connectivity index (χ2n) is 3.92. The van der Waals surface area contributed by atoms with Gasteiger partial charge in [-0.05, 0) is 12.1 Å². The minimum Gasteiger partial charge on any atom is -0.492 e. The van der Waals surface area contributed by atoms with Crippen LogP contribution in [0, 0.1) is 12.3 Å². The minimum absolute atomic E-state index is 0.261. The summed E-state index contributed by atoms with van der Waals surface area (Å²) in [6.45, 7) is 1.80. The van der Waals surface area contributed by atoms with Gasteiger partial charge >= 0.3 is 0 Å². The van der Waals surface area contributed by atoms with Crippen molar-refractivity contribution < 1.29 is 14.2 Å². The predicted octanol–water partition coefficient (Wildman–Crippen LogP) is 0.592.